The summed E-state index contributed by atoms with van der Waals surface area (Å²) < 4.78 is 1.57. The molecule has 0 fully saturated rings. The summed E-state index contributed by atoms with van der Waals surface area (Å²) in [5.41, 5.74) is 2.54. The van der Waals surface area contributed by atoms with E-state index in [0.29, 0.717) is 17.2 Å². The average Bonchev–Trinajstić information content (AvgIpc) is 2.88. The Morgan fingerprint density at radius 1 is 1.00 bits per heavy atom. The normalized spacial score (nSPS) is 12.8. The molecule has 4 rings (SSSR count). The van der Waals surface area contributed by atoms with Gasteiger partial charge in [0.15, 0.2) is 11.5 Å². The molecule has 0 N–H and O–H groups in total. The zero-order valence-electron chi connectivity index (χ0n) is 8.66. The van der Waals surface area contributed by atoms with Gasteiger partial charge in [-0.05, 0) is 12.1 Å². The minimum atomic E-state index is -0.156. The van der Waals surface area contributed by atoms with Crippen molar-refractivity contribution in [3.63, 3.8) is 0 Å². The first-order valence-electron chi connectivity index (χ1n) is 5.20. The number of imidazole rings is 1. The van der Waals surface area contributed by atoms with Gasteiger partial charge in [-0.25, -0.2) is 15.0 Å². The van der Waals surface area contributed by atoms with E-state index >= 15 is 0 Å². The van der Waals surface area contributed by atoms with E-state index in [-0.39, 0.29) is 5.91 Å². The van der Waals surface area contributed by atoms with E-state index in [1.54, 1.807) is 10.8 Å². The number of benzene rings is 1. The molecule has 3 aromatic rings. The van der Waals surface area contributed by atoms with Crippen LogP contribution >= 0.6 is 0 Å². The molecule has 1 aliphatic heterocycles. The van der Waals surface area contributed by atoms with Gasteiger partial charge >= 0.3 is 0 Å². The molecule has 0 spiro atoms. The van der Waals surface area contributed by atoms with Crippen molar-refractivity contribution in [3.8, 4) is 11.5 Å². The average molecular weight is 222 g/mol. The Morgan fingerprint density at radius 3 is 2.65 bits per heavy atom. The Labute approximate surface area is 95.8 Å². The Hall–Kier alpha value is -2.56. The molecule has 3 heterocycles. The highest BCUT2D eigenvalue weighted by Crippen LogP contribution is 2.31. The van der Waals surface area contributed by atoms with Gasteiger partial charge in [0.25, 0.3) is 5.91 Å². The van der Waals surface area contributed by atoms with Gasteiger partial charge in [0, 0.05) is 12.4 Å². The number of nitrogens with zero attached hydrogens (tertiary/aromatic N) is 4. The Morgan fingerprint density at radius 2 is 1.76 bits per heavy atom. The molecular formula is C12H6N4O. The van der Waals surface area contributed by atoms with Crippen LogP contribution in [0, 0.1) is 0 Å². The summed E-state index contributed by atoms with van der Waals surface area (Å²) in [6.07, 6.45) is 3.09. The zero-order chi connectivity index (χ0) is 11.4. The molecule has 5 nitrogen and oxygen atoms in total. The fourth-order valence-electron chi connectivity index (χ4n) is 2.15. The molecule has 0 atom stereocenters. The molecule has 2 aromatic heterocycles. The van der Waals surface area contributed by atoms with Gasteiger partial charge in [-0.1, -0.05) is 12.1 Å². The second-order valence-electron chi connectivity index (χ2n) is 3.82. The SMILES string of the molecule is O=C1c2nccnc2-c2nc3ccccc3n21. The highest BCUT2D eigenvalue weighted by Gasteiger charge is 2.32. The maximum atomic E-state index is 12.2. The summed E-state index contributed by atoms with van der Waals surface area (Å²) in [6.45, 7) is 0. The van der Waals surface area contributed by atoms with E-state index < -0.39 is 0 Å². The van der Waals surface area contributed by atoms with E-state index in [4.69, 9.17) is 0 Å². The van der Waals surface area contributed by atoms with E-state index in [0.717, 1.165) is 11.0 Å². The zero-order valence-corrected chi connectivity index (χ0v) is 8.66. The van der Waals surface area contributed by atoms with Crippen molar-refractivity contribution in [2.45, 2.75) is 0 Å². The molecule has 0 saturated heterocycles. The minimum absolute atomic E-state index is 0.156. The lowest BCUT2D eigenvalue weighted by Gasteiger charge is -1.95. The van der Waals surface area contributed by atoms with Crippen LogP contribution in [0.1, 0.15) is 10.5 Å². The quantitative estimate of drug-likeness (QED) is 0.452. The smallest absolute Gasteiger partial charge is 0.266 e. The standard InChI is InChI=1S/C12H6N4O/c17-12-10-9(13-5-6-14-10)11-15-7-3-1-2-4-8(7)16(11)12/h1-6H. The molecule has 0 bridgehead atoms. The van der Waals surface area contributed by atoms with E-state index in [1.807, 2.05) is 24.3 Å². The van der Waals surface area contributed by atoms with Crippen LogP contribution in [-0.2, 0) is 0 Å². The van der Waals surface area contributed by atoms with Crippen LogP contribution < -0.4 is 0 Å². The van der Waals surface area contributed by atoms with Crippen molar-refractivity contribution in [2.75, 3.05) is 0 Å². The maximum absolute atomic E-state index is 12.2. The summed E-state index contributed by atoms with van der Waals surface area (Å²) in [6, 6.07) is 7.53. The van der Waals surface area contributed by atoms with Crippen LogP contribution in [0.4, 0.5) is 0 Å². The molecule has 0 amide bonds. The van der Waals surface area contributed by atoms with E-state index in [9.17, 15) is 4.79 Å². The van der Waals surface area contributed by atoms with Gasteiger partial charge in [0.05, 0.1) is 11.0 Å². The number of fused-ring (bicyclic) bond motifs is 5. The Bertz CT molecular complexity index is 775. The number of carbonyl (C=O) groups excluding carboxylic acids is 1. The van der Waals surface area contributed by atoms with Gasteiger partial charge in [0.1, 0.15) is 5.69 Å². The molecule has 0 aliphatic carbocycles. The number of hydrogen-bond acceptors (Lipinski definition) is 4. The summed E-state index contributed by atoms with van der Waals surface area (Å²) in [5, 5.41) is 0. The predicted octanol–water partition coefficient (Wildman–Crippen LogP) is 1.50. The van der Waals surface area contributed by atoms with Crippen LogP contribution in [-0.4, -0.2) is 25.4 Å². The first-order chi connectivity index (χ1) is 8.36. The van der Waals surface area contributed by atoms with Gasteiger partial charge < -0.3 is 0 Å². The molecule has 0 radical (unpaired) electrons. The molecular weight excluding hydrogens is 216 g/mol. The number of rotatable bonds is 0. The number of carbonyl (C=O) groups is 1. The largest absolute Gasteiger partial charge is 0.285 e. The Balaban J connectivity index is 2.19. The Kier molecular flexibility index (Phi) is 1.39. The predicted molar refractivity (Wildman–Crippen MR) is 60.5 cm³/mol. The van der Waals surface area contributed by atoms with Crippen molar-refractivity contribution in [1.29, 1.82) is 0 Å². The second-order valence-corrected chi connectivity index (χ2v) is 3.82. The van der Waals surface area contributed by atoms with Crippen LogP contribution in [0.15, 0.2) is 36.7 Å². The molecule has 1 aliphatic rings. The molecule has 17 heavy (non-hydrogen) atoms. The fourth-order valence-corrected chi connectivity index (χ4v) is 2.15. The monoisotopic (exact) mass is 222 g/mol. The number of hydrogen-bond donors (Lipinski definition) is 0. The third kappa shape index (κ3) is 0.932. The summed E-state index contributed by atoms with van der Waals surface area (Å²) in [5.74, 6) is 0.427. The van der Waals surface area contributed by atoms with Gasteiger partial charge in [-0.2, -0.15) is 0 Å². The molecule has 80 valence electrons. The lowest BCUT2D eigenvalue weighted by atomic mass is 10.3. The van der Waals surface area contributed by atoms with Crippen LogP contribution in [0.5, 0.6) is 0 Å². The lowest BCUT2D eigenvalue weighted by molar-refractivity contribution is 0.0969. The number of aromatic nitrogens is 4. The van der Waals surface area contributed by atoms with Gasteiger partial charge in [0.2, 0.25) is 0 Å². The molecule has 0 saturated carbocycles. The third-order valence-electron chi connectivity index (χ3n) is 2.88. The van der Waals surface area contributed by atoms with Gasteiger partial charge in [-0.15, -0.1) is 0 Å². The van der Waals surface area contributed by atoms with Crippen LogP contribution in [0.2, 0.25) is 0 Å². The minimum Gasteiger partial charge on any atom is -0.266 e. The van der Waals surface area contributed by atoms with Crippen molar-refractivity contribution >= 4 is 16.9 Å². The first kappa shape index (κ1) is 8.58. The summed E-state index contributed by atoms with van der Waals surface area (Å²) in [7, 11) is 0. The second kappa shape index (κ2) is 2.76. The van der Waals surface area contributed by atoms with Crippen molar-refractivity contribution in [1.82, 2.24) is 19.5 Å². The highest BCUT2D eigenvalue weighted by atomic mass is 16.2. The van der Waals surface area contributed by atoms with Crippen molar-refractivity contribution in [3.05, 3.63) is 42.4 Å². The first-order valence-corrected chi connectivity index (χ1v) is 5.20. The summed E-state index contributed by atoms with van der Waals surface area (Å²) in [4.78, 5) is 24.8. The van der Waals surface area contributed by atoms with Crippen molar-refractivity contribution in [2.24, 2.45) is 0 Å². The number of para-hydroxylation sites is 2. The lowest BCUT2D eigenvalue weighted by Crippen LogP contribution is -2.07. The third-order valence-corrected chi connectivity index (χ3v) is 2.88. The van der Waals surface area contributed by atoms with Crippen molar-refractivity contribution < 1.29 is 4.79 Å². The van der Waals surface area contributed by atoms with Crippen LogP contribution in [0.25, 0.3) is 22.6 Å². The molecule has 5 heteroatoms. The molecule has 0 unspecified atom stereocenters. The highest BCUT2D eigenvalue weighted by molar-refractivity contribution is 6.10. The van der Waals surface area contributed by atoms with E-state index in [1.165, 1.54) is 6.20 Å². The molecule has 1 aromatic carbocycles. The fraction of sp³-hybridized carbons (Fsp3) is 0. The summed E-state index contributed by atoms with van der Waals surface area (Å²) >= 11 is 0. The maximum Gasteiger partial charge on any atom is 0.285 e. The van der Waals surface area contributed by atoms with Crippen LogP contribution in [0.3, 0.4) is 0 Å². The topological polar surface area (TPSA) is 60.7 Å². The van der Waals surface area contributed by atoms with Gasteiger partial charge in [-0.3, -0.25) is 9.36 Å². The van der Waals surface area contributed by atoms with E-state index in [2.05, 4.69) is 15.0 Å².